The maximum atomic E-state index is 12.6. The Morgan fingerprint density at radius 3 is 2.53 bits per heavy atom. The van der Waals surface area contributed by atoms with Gasteiger partial charge in [0.15, 0.2) is 0 Å². The number of thiophene rings is 1. The van der Waals surface area contributed by atoms with Crippen LogP contribution in [-0.2, 0) is 0 Å². The zero-order valence-electron chi connectivity index (χ0n) is 18.2. The summed E-state index contributed by atoms with van der Waals surface area (Å²) in [7, 11) is 5.94. The molecule has 2 aromatic heterocycles. The first-order chi connectivity index (χ1) is 14.4. The van der Waals surface area contributed by atoms with Gasteiger partial charge in [-0.1, -0.05) is 31.2 Å². The number of likely N-dealkylation sites (N-methyl/N-ethyl adjacent to an activating group) is 1. The van der Waals surface area contributed by atoms with Gasteiger partial charge in [-0.15, -0.1) is 11.3 Å². The van der Waals surface area contributed by atoms with Crippen molar-refractivity contribution >= 4 is 32.3 Å². The van der Waals surface area contributed by atoms with Crippen molar-refractivity contribution in [3.8, 4) is 16.9 Å². The maximum Gasteiger partial charge on any atom is 0.266 e. The van der Waals surface area contributed by atoms with E-state index in [0.717, 1.165) is 56.4 Å². The van der Waals surface area contributed by atoms with Crippen LogP contribution in [0.4, 0.5) is 0 Å². The molecule has 0 aliphatic rings. The van der Waals surface area contributed by atoms with Crippen LogP contribution in [0.15, 0.2) is 46.6 Å². The van der Waals surface area contributed by atoms with Crippen molar-refractivity contribution in [3.63, 3.8) is 0 Å². The summed E-state index contributed by atoms with van der Waals surface area (Å²) in [5.74, 6) is 1.33. The lowest BCUT2D eigenvalue weighted by Crippen LogP contribution is -2.19. The van der Waals surface area contributed by atoms with Crippen molar-refractivity contribution in [2.45, 2.75) is 26.2 Å². The Hall–Kier alpha value is -2.63. The number of aromatic amines is 1. The highest BCUT2D eigenvalue weighted by atomic mass is 32.1. The van der Waals surface area contributed by atoms with Gasteiger partial charge in [-0.2, -0.15) is 0 Å². The molecule has 4 nitrogen and oxygen atoms in total. The Kier molecular flexibility index (Phi) is 5.67. The van der Waals surface area contributed by atoms with Gasteiger partial charge in [-0.25, -0.2) is 0 Å². The van der Waals surface area contributed by atoms with Gasteiger partial charge in [0.1, 0.15) is 10.4 Å². The van der Waals surface area contributed by atoms with Crippen LogP contribution in [0.5, 0.6) is 5.75 Å². The van der Waals surface area contributed by atoms with E-state index in [1.807, 2.05) is 24.4 Å². The average Bonchev–Trinajstić information content (AvgIpc) is 3.23. The number of fused-ring (bicyclic) bond motifs is 3. The Morgan fingerprint density at radius 1 is 1.17 bits per heavy atom. The number of H-pyrrole nitrogens is 1. The lowest BCUT2D eigenvalue weighted by molar-refractivity contribution is 0.368. The first kappa shape index (κ1) is 20.6. The van der Waals surface area contributed by atoms with E-state index in [2.05, 4.69) is 55.2 Å². The molecular formula is C25H28N2O2S. The average molecular weight is 421 g/mol. The molecule has 0 saturated carbocycles. The number of nitrogens with zero attached hydrogens (tertiary/aromatic N) is 1. The molecule has 0 fully saturated rings. The number of rotatable bonds is 6. The molecule has 0 spiro atoms. The van der Waals surface area contributed by atoms with Crippen LogP contribution in [0.2, 0.25) is 0 Å². The second kappa shape index (κ2) is 8.25. The second-order valence-electron chi connectivity index (χ2n) is 8.13. The molecule has 30 heavy (non-hydrogen) atoms. The summed E-state index contributed by atoms with van der Waals surface area (Å²) in [5.41, 5.74) is 5.33. The molecule has 0 aliphatic carbocycles. The van der Waals surface area contributed by atoms with Crippen molar-refractivity contribution in [2.24, 2.45) is 0 Å². The number of ether oxygens (including phenoxy) is 1. The topological polar surface area (TPSA) is 45.3 Å². The largest absolute Gasteiger partial charge is 0.496 e. The van der Waals surface area contributed by atoms with E-state index < -0.39 is 0 Å². The van der Waals surface area contributed by atoms with Gasteiger partial charge in [0.05, 0.1) is 12.6 Å². The van der Waals surface area contributed by atoms with Crippen LogP contribution in [0.3, 0.4) is 0 Å². The third-order valence-electron chi connectivity index (χ3n) is 5.84. The quantitative estimate of drug-likeness (QED) is 0.430. The molecule has 4 rings (SSSR count). The van der Waals surface area contributed by atoms with Gasteiger partial charge in [-0.05, 0) is 67.6 Å². The second-order valence-corrected chi connectivity index (χ2v) is 9.04. The van der Waals surface area contributed by atoms with Crippen LogP contribution < -0.4 is 10.3 Å². The number of aromatic nitrogens is 1. The molecule has 0 bridgehead atoms. The van der Waals surface area contributed by atoms with Crippen LogP contribution >= 0.6 is 11.3 Å². The number of methoxy groups -OCH3 is 1. The van der Waals surface area contributed by atoms with E-state index >= 15 is 0 Å². The Bertz CT molecular complexity index is 1250. The smallest absolute Gasteiger partial charge is 0.266 e. The normalized spacial score (nSPS) is 12.7. The molecule has 2 heterocycles. The number of pyridine rings is 1. The fourth-order valence-corrected chi connectivity index (χ4v) is 5.14. The van der Waals surface area contributed by atoms with E-state index in [0.29, 0.717) is 5.92 Å². The highest BCUT2D eigenvalue weighted by Gasteiger charge is 2.19. The van der Waals surface area contributed by atoms with Gasteiger partial charge in [0.2, 0.25) is 0 Å². The summed E-state index contributed by atoms with van der Waals surface area (Å²) >= 11 is 1.48. The molecule has 1 N–H and O–H groups in total. The zero-order chi connectivity index (χ0) is 21.4. The van der Waals surface area contributed by atoms with Crippen molar-refractivity contribution in [3.05, 3.63) is 63.3 Å². The third-order valence-corrected chi connectivity index (χ3v) is 6.75. The molecular weight excluding hydrogens is 392 g/mol. The fourth-order valence-electron chi connectivity index (χ4n) is 4.35. The van der Waals surface area contributed by atoms with Gasteiger partial charge in [-0.3, -0.25) is 4.79 Å². The molecule has 0 saturated heterocycles. The number of nitrogens with one attached hydrogen (secondary N) is 1. The third kappa shape index (κ3) is 3.53. The summed E-state index contributed by atoms with van der Waals surface area (Å²) in [6, 6.07) is 12.9. The van der Waals surface area contributed by atoms with Crippen molar-refractivity contribution in [1.82, 2.24) is 9.88 Å². The van der Waals surface area contributed by atoms with Gasteiger partial charge >= 0.3 is 0 Å². The number of hydrogen-bond acceptors (Lipinski definition) is 4. The SMILES string of the molecule is CCC(CN(C)C)c1ccc(-c2c(OC)cc(C)c3[nH]c(=O)c4sccc4c23)cc1. The number of benzene rings is 2. The molecule has 156 valence electrons. The summed E-state index contributed by atoms with van der Waals surface area (Å²) in [5, 5.41) is 4.02. The molecule has 0 aliphatic heterocycles. The molecule has 1 atom stereocenters. The van der Waals surface area contributed by atoms with E-state index in [-0.39, 0.29) is 5.56 Å². The van der Waals surface area contributed by atoms with Crippen LogP contribution in [0.1, 0.15) is 30.4 Å². The van der Waals surface area contributed by atoms with E-state index in [1.165, 1.54) is 16.9 Å². The highest BCUT2D eigenvalue weighted by molar-refractivity contribution is 7.17. The van der Waals surface area contributed by atoms with Gasteiger partial charge in [0, 0.05) is 22.9 Å². The molecule has 0 amide bonds. The highest BCUT2D eigenvalue weighted by Crippen LogP contribution is 2.42. The van der Waals surface area contributed by atoms with Crippen molar-refractivity contribution < 1.29 is 4.74 Å². The maximum absolute atomic E-state index is 12.6. The van der Waals surface area contributed by atoms with Crippen LogP contribution in [0.25, 0.3) is 32.1 Å². The minimum absolute atomic E-state index is 0.0310. The molecule has 0 radical (unpaired) electrons. The molecule has 4 aromatic rings. The van der Waals surface area contributed by atoms with E-state index in [4.69, 9.17) is 4.74 Å². The molecule has 2 aromatic carbocycles. The van der Waals surface area contributed by atoms with Crippen molar-refractivity contribution in [1.29, 1.82) is 0 Å². The summed E-state index contributed by atoms with van der Waals surface area (Å²) < 4.78 is 6.56. The first-order valence-corrected chi connectivity index (χ1v) is 11.2. The zero-order valence-corrected chi connectivity index (χ0v) is 19.0. The molecule has 5 heteroatoms. The standard InChI is InChI=1S/C25H28N2O2S/c1-6-16(14-27(3)4)17-7-9-18(10-8-17)21-20(29-5)13-15(2)23-22(21)19-11-12-30-24(19)25(28)26-23/h7-13,16H,6,14H2,1-5H3,(H,26,28). The molecule has 1 unspecified atom stereocenters. The Labute approximate surface area is 181 Å². The monoisotopic (exact) mass is 420 g/mol. The lowest BCUT2D eigenvalue weighted by Gasteiger charge is -2.21. The Morgan fingerprint density at radius 2 is 1.90 bits per heavy atom. The van der Waals surface area contributed by atoms with Crippen molar-refractivity contribution in [2.75, 3.05) is 27.7 Å². The summed E-state index contributed by atoms with van der Waals surface area (Å²) in [6.07, 6.45) is 1.10. The van der Waals surface area contributed by atoms with Gasteiger partial charge < -0.3 is 14.6 Å². The fraction of sp³-hybridized carbons (Fsp3) is 0.320. The first-order valence-electron chi connectivity index (χ1n) is 10.3. The Balaban J connectivity index is 1.95. The van der Waals surface area contributed by atoms with Gasteiger partial charge in [0.25, 0.3) is 5.56 Å². The lowest BCUT2D eigenvalue weighted by atomic mass is 9.91. The van der Waals surface area contributed by atoms with E-state index in [9.17, 15) is 4.79 Å². The predicted octanol–water partition coefficient (Wildman–Crippen LogP) is 5.78. The van der Waals surface area contributed by atoms with Crippen LogP contribution in [0, 0.1) is 6.92 Å². The summed E-state index contributed by atoms with van der Waals surface area (Å²) in [6.45, 7) is 5.28. The van der Waals surface area contributed by atoms with Crippen LogP contribution in [-0.4, -0.2) is 37.6 Å². The van der Waals surface area contributed by atoms with E-state index in [1.54, 1.807) is 7.11 Å². The predicted molar refractivity (Wildman–Crippen MR) is 128 cm³/mol. The minimum atomic E-state index is -0.0310. The minimum Gasteiger partial charge on any atom is -0.496 e. The summed E-state index contributed by atoms with van der Waals surface area (Å²) in [4.78, 5) is 17.9. The number of hydrogen-bond donors (Lipinski definition) is 1. The number of aryl methyl sites for hydroxylation is 1.